The predicted octanol–water partition coefficient (Wildman–Crippen LogP) is 11.7. The van der Waals surface area contributed by atoms with Gasteiger partial charge in [-0.2, -0.15) is 0 Å². The molecule has 4 nitrogen and oxygen atoms in total. The molecule has 254 valence electrons. The van der Waals surface area contributed by atoms with Gasteiger partial charge in [-0.15, -0.1) is 0 Å². The molecular formula is C42H59NO3Si. The lowest BCUT2D eigenvalue weighted by Crippen LogP contribution is -2.28. The molecule has 5 rings (SSSR count). The Labute approximate surface area is 286 Å². The van der Waals surface area contributed by atoms with Gasteiger partial charge in [0.1, 0.15) is 11.5 Å². The molecular weight excluding hydrogens is 595 g/mol. The second kappa shape index (κ2) is 15.1. The summed E-state index contributed by atoms with van der Waals surface area (Å²) in [7, 11) is -1.34. The summed E-state index contributed by atoms with van der Waals surface area (Å²) >= 11 is 0. The van der Waals surface area contributed by atoms with Crippen LogP contribution >= 0.6 is 0 Å². The number of hydrogen-bond donors (Lipinski definition) is 1. The van der Waals surface area contributed by atoms with E-state index in [9.17, 15) is 4.79 Å². The Balaban J connectivity index is 1.43. The zero-order chi connectivity index (χ0) is 33.8. The summed E-state index contributed by atoms with van der Waals surface area (Å²) in [6.45, 7) is 18.5. The fourth-order valence-electron chi connectivity index (χ4n) is 7.80. The number of ether oxygens (including phenoxy) is 1. The largest absolute Gasteiger partial charge is 0.457 e. The van der Waals surface area contributed by atoms with E-state index in [0.29, 0.717) is 12.3 Å². The molecule has 0 spiro atoms. The average molecular weight is 654 g/mol. The molecule has 1 amide bonds. The van der Waals surface area contributed by atoms with Crippen LogP contribution in [-0.4, -0.2) is 14.9 Å². The van der Waals surface area contributed by atoms with E-state index < -0.39 is 9.04 Å². The first-order valence-electron chi connectivity index (χ1n) is 18.2. The van der Waals surface area contributed by atoms with E-state index in [1.165, 1.54) is 50.5 Å². The number of carbonyl (C=O) groups excluding carboxylic acids is 1. The van der Waals surface area contributed by atoms with Gasteiger partial charge in [0.25, 0.3) is 0 Å². The quantitative estimate of drug-likeness (QED) is 0.175. The minimum atomic E-state index is -1.34. The van der Waals surface area contributed by atoms with E-state index >= 15 is 0 Å². The van der Waals surface area contributed by atoms with Gasteiger partial charge >= 0.3 is 0 Å². The second-order valence-electron chi connectivity index (χ2n) is 16.6. The summed E-state index contributed by atoms with van der Waals surface area (Å²) in [5.41, 5.74) is 5.43. The molecule has 47 heavy (non-hydrogen) atoms. The van der Waals surface area contributed by atoms with Gasteiger partial charge in [-0.1, -0.05) is 129 Å². The molecule has 2 aliphatic rings. The lowest BCUT2D eigenvalue weighted by atomic mass is 9.71. The first-order chi connectivity index (χ1) is 22.3. The molecule has 2 atom stereocenters. The zero-order valence-corrected chi connectivity index (χ0v) is 31.5. The molecule has 2 unspecified atom stereocenters. The highest BCUT2D eigenvalue weighted by molar-refractivity contribution is 6.48. The van der Waals surface area contributed by atoms with Gasteiger partial charge in [-0.3, -0.25) is 4.79 Å². The van der Waals surface area contributed by atoms with Crippen LogP contribution < -0.4 is 10.1 Å². The molecule has 0 saturated heterocycles. The predicted molar refractivity (Wildman–Crippen MR) is 199 cm³/mol. The minimum Gasteiger partial charge on any atom is -0.457 e. The summed E-state index contributed by atoms with van der Waals surface area (Å²) < 4.78 is 13.1. The summed E-state index contributed by atoms with van der Waals surface area (Å²) in [4.78, 5) is 14.0. The molecule has 0 aromatic heterocycles. The summed E-state index contributed by atoms with van der Waals surface area (Å²) in [5.74, 6) is 2.99. The van der Waals surface area contributed by atoms with Crippen LogP contribution in [0.1, 0.15) is 134 Å². The van der Waals surface area contributed by atoms with Crippen LogP contribution in [0.2, 0.25) is 13.1 Å². The summed E-state index contributed by atoms with van der Waals surface area (Å²) in [5, 5.41) is 3.41. The number of rotatable bonds is 10. The molecule has 3 aromatic rings. The van der Waals surface area contributed by atoms with Crippen molar-refractivity contribution < 1.29 is 14.0 Å². The van der Waals surface area contributed by atoms with Crippen LogP contribution in [-0.2, 0) is 14.6 Å². The highest BCUT2D eigenvalue weighted by atomic mass is 28.3. The number of carbonyl (C=O) groups is 1. The van der Waals surface area contributed by atoms with Gasteiger partial charge in [0, 0.05) is 29.2 Å². The summed E-state index contributed by atoms with van der Waals surface area (Å²) in [6.07, 6.45) is 10.9. The smallest absolute Gasteiger partial charge is 0.225 e. The molecule has 0 radical (unpaired) electrons. The fourth-order valence-corrected chi connectivity index (χ4v) is 8.72. The first kappa shape index (κ1) is 35.4. The maximum atomic E-state index is 14.0. The number of benzene rings is 3. The number of amides is 1. The van der Waals surface area contributed by atoms with Crippen molar-refractivity contribution in [1.82, 2.24) is 0 Å². The van der Waals surface area contributed by atoms with E-state index in [2.05, 4.69) is 90.3 Å². The van der Waals surface area contributed by atoms with E-state index in [0.717, 1.165) is 46.2 Å². The molecule has 1 aliphatic heterocycles. The van der Waals surface area contributed by atoms with Crippen LogP contribution in [0.15, 0.2) is 66.7 Å². The topological polar surface area (TPSA) is 47.6 Å². The van der Waals surface area contributed by atoms with Crippen LogP contribution in [0.3, 0.4) is 0 Å². The Morgan fingerprint density at radius 3 is 2.02 bits per heavy atom. The summed E-state index contributed by atoms with van der Waals surface area (Å²) in [6, 6.07) is 22.9. The van der Waals surface area contributed by atoms with Crippen molar-refractivity contribution in [3.8, 4) is 11.5 Å². The zero-order valence-electron chi connectivity index (χ0n) is 30.3. The minimum absolute atomic E-state index is 0.0146. The average Bonchev–Trinajstić information content (AvgIpc) is 3.27. The van der Waals surface area contributed by atoms with Gasteiger partial charge in [-0.25, -0.2) is 0 Å². The number of nitrogens with one attached hydrogen (secondary N) is 1. The normalized spacial score (nSPS) is 17.3. The van der Waals surface area contributed by atoms with Gasteiger partial charge in [0.15, 0.2) is 9.04 Å². The third-order valence-electron chi connectivity index (χ3n) is 10.4. The maximum Gasteiger partial charge on any atom is 0.225 e. The molecule has 1 aliphatic carbocycles. The monoisotopic (exact) mass is 653 g/mol. The number of anilines is 1. The van der Waals surface area contributed by atoms with Gasteiger partial charge in [0.2, 0.25) is 5.91 Å². The molecule has 1 heterocycles. The van der Waals surface area contributed by atoms with E-state index in [4.69, 9.17) is 9.16 Å². The Morgan fingerprint density at radius 2 is 1.47 bits per heavy atom. The molecule has 5 heteroatoms. The number of para-hydroxylation sites is 2. The van der Waals surface area contributed by atoms with Crippen LogP contribution in [0.25, 0.3) is 0 Å². The number of fused-ring (bicyclic) bond motifs is 2. The Bertz CT molecular complexity index is 1450. The SMILES string of the molecule is C[SiH](C)OC(CC(CC1CCCCCC1)C(C)(C)C)c1ccc(C(C)(C)C)c(NC(=O)CC2c3ccccc3Oc3ccccc32)c1. The van der Waals surface area contributed by atoms with Crippen molar-refractivity contribution in [2.45, 2.75) is 130 Å². The van der Waals surface area contributed by atoms with Crippen molar-refractivity contribution in [2.75, 3.05) is 5.32 Å². The van der Waals surface area contributed by atoms with E-state index in [1.54, 1.807) is 0 Å². The van der Waals surface area contributed by atoms with Crippen LogP contribution in [0.5, 0.6) is 11.5 Å². The standard InChI is InChI=1S/C42H59NO3Si/c1-41(2,3)31(25-29-17-11-9-10-12-18-29)27-39(46-47(7)8)30-23-24-35(42(4,5)6)36(26-30)43-40(44)28-34-32-19-13-15-21-37(32)45-38-22-16-14-20-33(34)38/h13-16,19-24,26,29,31,34,39,47H,9-12,17-18,25,27-28H2,1-8H3,(H,43,44). The van der Waals surface area contributed by atoms with Gasteiger partial charge in [-0.05, 0) is 77.9 Å². The lowest BCUT2D eigenvalue weighted by molar-refractivity contribution is -0.116. The third kappa shape index (κ3) is 9.17. The highest BCUT2D eigenvalue weighted by Crippen LogP contribution is 2.46. The molecule has 1 N–H and O–H groups in total. The van der Waals surface area contributed by atoms with Crippen molar-refractivity contribution in [3.05, 3.63) is 89.0 Å². The molecule has 1 fully saturated rings. The number of hydrogen-bond acceptors (Lipinski definition) is 3. The molecule has 0 bridgehead atoms. The third-order valence-corrected chi connectivity index (χ3v) is 11.3. The van der Waals surface area contributed by atoms with E-state index in [-0.39, 0.29) is 28.8 Å². The van der Waals surface area contributed by atoms with Gasteiger partial charge < -0.3 is 14.5 Å². The Morgan fingerprint density at radius 1 is 0.872 bits per heavy atom. The maximum absolute atomic E-state index is 14.0. The van der Waals surface area contributed by atoms with Crippen molar-refractivity contribution in [1.29, 1.82) is 0 Å². The van der Waals surface area contributed by atoms with Crippen molar-refractivity contribution in [3.63, 3.8) is 0 Å². The Kier molecular flexibility index (Phi) is 11.4. The van der Waals surface area contributed by atoms with E-state index in [1.807, 2.05) is 36.4 Å². The van der Waals surface area contributed by atoms with Crippen molar-refractivity contribution >= 4 is 20.6 Å². The fraction of sp³-hybridized carbons (Fsp3) is 0.548. The lowest BCUT2D eigenvalue weighted by Gasteiger charge is -2.37. The van der Waals surface area contributed by atoms with Crippen LogP contribution in [0, 0.1) is 17.3 Å². The molecule has 1 saturated carbocycles. The highest BCUT2D eigenvalue weighted by Gasteiger charge is 2.33. The van der Waals surface area contributed by atoms with Crippen LogP contribution in [0.4, 0.5) is 5.69 Å². The van der Waals surface area contributed by atoms with Gasteiger partial charge in [0.05, 0.1) is 6.10 Å². The Hall–Kier alpha value is -2.89. The first-order valence-corrected chi connectivity index (χ1v) is 21.0. The second-order valence-corrected chi connectivity index (χ2v) is 19.0. The van der Waals surface area contributed by atoms with Crippen molar-refractivity contribution in [2.24, 2.45) is 17.3 Å². The molecule has 3 aromatic carbocycles.